The largest absolute Gasteiger partial charge is 0.497 e. The van der Waals surface area contributed by atoms with Crippen molar-refractivity contribution >= 4 is 34.8 Å². The van der Waals surface area contributed by atoms with Gasteiger partial charge in [-0.25, -0.2) is 0 Å². The molecule has 1 N–H and O–H groups in total. The maximum atomic E-state index is 13.5. The molecule has 5 rings (SSSR count). The third-order valence-corrected chi connectivity index (χ3v) is 7.55. The molecule has 3 aromatic rings. The van der Waals surface area contributed by atoms with Gasteiger partial charge in [0.05, 0.1) is 18.0 Å². The first-order chi connectivity index (χ1) is 15.1. The topological polar surface area (TPSA) is 38.3 Å². The molecule has 2 atom stereocenters. The number of hydrogen-bond acceptors (Lipinski definition) is 4. The van der Waals surface area contributed by atoms with Crippen LogP contribution in [0.4, 0.5) is 5.69 Å². The minimum Gasteiger partial charge on any atom is -0.497 e. The van der Waals surface area contributed by atoms with Crippen LogP contribution in [0.5, 0.6) is 5.75 Å². The van der Waals surface area contributed by atoms with E-state index in [1.165, 1.54) is 0 Å². The van der Waals surface area contributed by atoms with Gasteiger partial charge in [-0.1, -0.05) is 48.0 Å². The SMILES string of the molecule is COc1ccc([C@H]2CC(=O)C3=C(C2)Nc2ccccc2S[C@H]3c2ccc(Cl)cc2)cc1. The molecule has 0 aromatic heterocycles. The van der Waals surface area contributed by atoms with Gasteiger partial charge in [0.1, 0.15) is 5.75 Å². The Bertz CT molecular complexity index is 1150. The number of ether oxygens (including phenoxy) is 1. The maximum Gasteiger partial charge on any atom is 0.162 e. The molecule has 0 bridgehead atoms. The van der Waals surface area contributed by atoms with Crippen LogP contribution in [0.2, 0.25) is 5.02 Å². The zero-order chi connectivity index (χ0) is 21.4. The number of benzene rings is 3. The van der Waals surface area contributed by atoms with Crippen molar-refractivity contribution < 1.29 is 9.53 Å². The lowest BCUT2D eigenvalue weighted by Gasteiger charge is -2.29. The fraction of sp³-hybridized carbons (Fsp3) is 0.192. The van der Waals surface area contributed by atoms with Crippen molar-refractivity contribution in [1.29, 1.82) is 0 Å². The minimum atomic E-state index is -0.0623. The van der Waals surface area contributed by atoms with Gasteiger partial charge in [0, 0.05) is 27.6 Å². The van der Waals surface area contributed by atoms with Gasteiger partial charge in [0.15, 0.2) is 5.78 Å². The fourth-order valence-corrected chi connectivity index (χ4v) is 5.83. The Kier molecular flexibility index (Phi) is 5.51. The van der Waals surface area contributed by atoms with E-state index in [1.807, 2.05) is 48.5 Å². The number of para-hydroxylation sites is 1. The van der Waals surface area contributed by atoms with E-state index in [2.05, 4.69) is 29.6 Å². The number of nitrogens with one attached hydrogen (secondary N) is 1. The van der Waals surface area contributed by atoms with E-state index in [9.17, 15) is 4.79 Å². The summed E-state index contributed by atoms with van der Waals surface area (Å²) >= 11 is 7.86. The third-order valence-electron chi connectivity index (χ3n) is 5.95. The monoisotopic (exact) mass is 447 g/mol. The van der Waals surface area contributed by atoms with E-state index < -0.39 is 0 Å². The average molecular weight is 448 g/mol. The number of thioether (sulfide) groups is 1. The summed E-state index contributed by atoms with van der Waals surface area (Å²) in [5, 5.41) is 4.25. The number of anilines is 1. The first kappa shape index (κ1) is 20.2. The van der Waals surface area contributed by atoms with Gasteiger partial charge in [-0.2, -0.15) is 0 Å². The molecule has 31 heavy (non-hydrogen) atoms. The maximum absolute atomic E-state index is 13.5. The third kappa shape index (κ3) is 3.98. The molecule has 0 unspecified atom stereocenters. The van der Waals surface area contributed by atoms with Crippen molar-refractivity contribution in [2.75, 3.05) is 12.4 Å². The summed E-state index contributed by atoms with van der Waals surface area (Å²) in [6.07, 6.45) is 1.31. The van der Waals surface area contributed by atoms with Gasteiger partial charge >= 0.3 is 0 Å². The molecule has 1 heterocycles. The highest BCUT2D eigenvalue weighted by Crippen LogP contribution is 2.51. The fourth-order valence-electron chi connectivity index (χ4n) is 4.36. The summed E-state index contributed by atoms with van der Waals surface area (Å²) in [4.78, 5) is 14.7. The van der Waals surface area contributed by atoms with Crippen LogP contribution in [0.1, 0.15) is 35.1 Å². The summed E-state index contributed by atoms with van der Waals surface area (Å²) < 4.78 is 5.29. The van der Waals surface area contributed by atoms with E-state index in [0.29, 0.717) is 11.4 Å². The number of Topliss-reactive ketones (excluding diaryl/α,β-unsaturated/α-hetero) is 1. The second kappa shape index (κ2) is 8.45. The second-order valence-electron chi connectivity index (χ2n) is 7.86. The van der Waals surface area contributed by atoms with E-state index in [0.717, 1.165) is 45.2 Å². The number of carbonyl (C=O) groups excluding carboxylic acids is 1. The lowest BCUT2D eigenvalue weighted by molar-refractivity contribution is -0.116. The molecular weight excluding hydrogens is 426 g/mol. The van der Waals surface area contributed by atoms with Crippen LogP contribution in [-0.2, 0) is 4.79 Å². The molecule has 0 saturated carbocycles. The van der Waals surface area contributed by atoms with Crippen LogP contribution >= 0.6 is 23.4 Å². The molecular formula is C26H22ClNO2S. The summed E-state index contributed by atoms with van der Waals surface area (Å²) in [6.45, 7) is 0. The van der Waals surface area contributed by atoms with Gasteiger partial charge < -0.3 is 10.1 Å². The van der Waals surface area contributed by atoms with Crippen LogP contribution < -0.4 is 10.1 Å². The van der Waals surface area contributed by atoms with Gasteiger partial charge in [-0.15, -0.1) is 11.8 Å². The molecule has 0 radical (unpaired) electrons. The standard InChI is InChI=1S/C26H22ClNO2S/c1-30-20-12-8-16(9-13-20)18-14-22-25(23(29)15-18)26(17-6-10-19(27)11-7-17)31-24-5-3-2-4-21(24)28-22/h2-13,18,26,28H,14-15H2,1H3/t18-,26+/m1/s1. The predicted octanol–water partition coefficient (Wildman–Crippen LogP) is 7.01. The molecule has 0 amide bonds. The first-order valence-corrected chi connectivity index (χ1v) is 11.6. The molecule has 3 nitrogen and oxygen atoms in total. The van der Waals surface area contributed by atoms with E-state index in [4.69, 9.17) is 16.3 Å². The Morgan fingerprint density at radius 2 is 1.65 bits per heavy atom. The van der Waals surface area contributed by atoms with E-state index >= 15 is 0 Å². The normalized spacial score (nSPS) is 20.4. The smallest absolute Gasteiger partial charge is 0.162 e. The van der Waals surface area contributed by atoms with E-state index in [-0.39, 0.29) is 17.0 Å². The molecule has 0 fully saturated rings. The van der Waals surface area contributed by atoms with Crippen molar-refractivity contribution in [3.8, 4) is 5.75 Å². The number of hydrogen-bond donors (Lipinski definition) is 1. The Hall–Kier alpha value is -2.69. The predicted molar refractivity (Wildman–Crippen MR) is 127 cm³/mol. The van der Waals surface area contributed by atoms with Crippen LogP contribution in [-0.4, -0.2) is 12.9 Å². The summed E-state index contributed by atoms with van der Waals surface area (Å²) in [5.41, 5.74) is 5.22. The number of halogens is 1. The quantitative estimate of drug-likeness (QED) is 0.468. The zero-order valence-corrected chi connectivity index (χ0v) is 18.7. The number of allylic oxidation sites excluding steroid dienone is 1. The lowest BCUT2D eigenvalue weighted by Crippen LogP contribution is -2.24. The first-order valence-electron chi connectivity index (χ1n) is 10.3. The number of rotatable bonds is 3. The van der Waals surface area contributed by atoms with Crippen molar-refractivity contribution in [2.45, 2.75) is 28.9 Å². The van der Waals surface area contributed by atoms with Gasteiger partial charge in [-0.3, -0.25) is 4.79 Å². The molecule has 0 spiro atoms. The molecule has 0 saturated heterocycles. The highest BCUT2D eigenvalue weighted by Gasteiger charge is 2.36. The Balaban J connectivity index is 1.57. The second-order valence-corrected chi connectivity index (χ2v) is 9.45. The number of ketones is 1. The molecule has 1 aliphatic heterocycles. The summed E-state index contributed by atoms with van der Waals surface area (Å²) in [7, 11) is 1.66. The van der Waals surface area contributed by atoms with Crippen LogP contribution in [0.3, 0.4) is 0 Å². The number of methoxy groups -OCH3 is 1. The number of fused-ring (bicyclic) bond motifs is 1. The van der Waals surface area contributed by atoms with Gasteiger partial charge in [0.2, 0.25) is 0 Å². The number of carbonyl (C=O) groups is 1. The van der Waals surface area contributed by atoms with Crippen LogP contribution in [0.25, 0.3) is 0 Å². The van der Waals surface area contributed by atoms with Crippen molar-refractivity contribution in [3.63, 3.8) is 0 Å². The molecule has 2 aliphatic rings. The minimum absolute atomic E-state index is 0.0623. The van der Waals surface area contributed by atoms with Gasteiger partial charge in [-0.05, 0) is 59.9 Å². The lowest BCUT2D eigenvalue weighted by atomic mass is 9.80. The summed E-state index contributed by atoms with van der Waals surface area (Å²) in [6, 6.07) is 24.2. The molecule has 3 aromatic carbocycles. The van der Waals surface area contributed by atoms with Crippen LogP contribution in [0.15, 0.2) is 89.0 Å². The van der Waals surface area contributed by atoms with Crippen molar-refractivity contribution in [2.24, 2.45) is 0 Å². The highest BCUT2D eigenvalue weighted by atomic mass is 35.5. The Labute approximate surface area is 191 Å². The summed E-state index contributed by atoms with van der Waals surface area (Å²) in [5.74, 6) is 1.17. The highest BCUT2D eigenvalue weighted by molar-refractivity contribution is 8.00. The van der Waals surface area contributed by atoms with Gasteiger partial charge in [0.25, 0.3) is 0 Å². The van der Waals surface area contributed by atoms with E-state index in [1.54, 1.807) is 18.9 Å². The molecule has 156 valence electrons. The zero-order valence-electron chi connectivity index (χ0n) is 17.1. The Morgan fingerprint density at radius 1 is 0.935 bits per heavy atom. The van der Waals surface area contributed by atoms with Crippen molar-refractivity contribution in [1.82, 2.24) is 0 Å². The van der Waals surface area contributed by atoms with Crippen molar-refractivity contribution in [3.05, 3.63) is 100 Å². The Morgan fingerprint density at radius 3 is 2.39 bits per heavy atom. The molecule has 1 aliphatic carbocycles. The van der Waals surface area contributed by atoms with Crippen LogP contribution in [0, 0.1) is 0 Å². The average Bonchev–Trinajstić information content (AvgIpc) is 2.96. The molecule has 5 heteroatoms.